The minimum atomic E-state index is -4.56. The normalized spacial score (nSPS) is 20.7. The smallest absolute Gasteiger partial charge is 0.410 e. The quantitative estimate of drug-likeness (QED) is 0.909. The number of fused-ring (bicyclic) bond motifs is 1. The first kappa shape index (κ1) is 15.7. The molecular formula is C14H10ClF3N3O2-. The first-order chi connectivity index (χ1) is 10.8. The topological polar surface area (TPSA) is 70.0 Å². The third-order valence-corrected chi connectivity index (χ3v) is 3.92. The van der Waals surface area contributed by atoms with Gasteiger partial charge < -0.3 is 15.2 Å². The molecule has 9 heteroatoms. The zero-order valence-electron chi connectivity index (χ0n) is 11.5. The van der Waals surface area contributed by atoms with Gasteiger partial charge in [0.2, 0.25) is 0 Å². The van der Waals surface area contributed by atoms with Crippen molar-refractivity contribution in [3.63, 3.8) is 0 Å². The van der Waals surface area contributed by atoms with Crippen molar-refractivity contribution in [1.82, 2.24) is 9.78 Å². The van der Waals surface area contributed by atoms with Gasteiger partial charge in [-0.25, -0.2) is 4.68 Å². The summed E-state index contributed by atoms with van der Waals surface area (Å²) >= 11 is 5.78. The van der Waals surface area contributed by atoms with Crippen LogP contribution in [0.3, 0.4) is 0 Å². The van der Waals surface area contributed by atoms with E-state index in [-0.39, 0.29) is 12.2 Å². The number of carbonyl (C=O) groups excluding carboxylic acids is 1. The molecule has 0 spiro atoms. The van der Waals surface area contributed by atoms with Crippen molar-refractivity contribution in [2.24, 2.45) is 0 Å². The first-order valence-corrected chi connectivity index (χ1v) is 7.03. The number of hydrogen-bond donors (Lipinski definition) is 1. The van der Waals surface area contributed by atoms with Crippen LogP contribution in [0.15, 0.2) is 30.3 Å². The largest absolute Gasteiger partial charge is 0.543 e. The summed E-state index contributed by atoms with van der Waals surface area (Å²) in [6, 6.07) is 4.89. The summed E-state index contributed by atoms with van der Waals surface area (Å²) in [6.45, 7) is 0. The zero-order chi connectivity index (χ0) is 16.8. The molecule has 0 amide bonds. The van der Waals surface area contributed by atoms with Crippen LogP contribution in [0.1, 0.15) is 34.6 Å². The number of nitrogens with one attached hydrogen (secondary N) is 1. The molecule has 5 nitrogen and oxygen atoms in total. The van der Waals surface area contributed by atoms with Crippen LogP contribution in [0.5, 0.6) is 0 Å². The van der Waals surface area contributed by atoms with E-state index < -0.39 is 29.9 Å². The van der Waals surface area contributed by atoms with Crippen LogP contribution in [0.2, 0.25) is 5.02 Å². The number of hydrogen-bond acceptors (Lipinski definition) is 4. The molecule has 1 aromatic carbocycles. The fraction of sp³-hybridized carbons (Fsp3) is 0.286. The van der Waals surface area contributed by atoms with Crippen LogP contribution < -0.4 is 10.4 Å². The number of carboxylic acid groups (broad SMARTS) is 1. The molecule has 2 heterocycles. The van der Waals surface area contributed by atoms with Crippen molar-refractivity contribution in [1.29, 1.82) is 0 Å². The van der Waals surface area contributed by atoms with Crippen LogP contribution in [-0.2, 0) is 0 Å². The third-order valence-electron chi connectivity index (χ3n) is 3.67. The standard InChI is InChI=1S/C14H11ClF3N3O2/c15-8-3-1-7(2-4-8)9-5-11(14(16,17)18)21-12(19-9)6-10(20-21)13(22)23/h1-4,6,9,11,19H,5H2,(H,22,23)/p-1/t9-,11-/m1/s1. The number of aromatic carboxylic acids is 1. The molecule has 0 fully saturated rings. The number of benzene rings is 1. The lowest BCUT2D eigenvalue weighted by molar-refractivity contribution is -0.255. The summed E-state index contributed by atoms with van der Waals surface area (Å²) < 4.78 is 40.6. The number of anilines is 1. The van der Waals surface area contributed by atoms with Gasteiger partial charge in [-0.2, -0.15) is 18.3 Å². The molecule has 0 radical (unpaired) electrons. The first-order valence-electron chi connectivity index (χ1n) is 6.65. The molecule has 1 aliphatic heterocycles. The van der Waals surface area contributed by atoms with E-state index in [1.165, 1.54) is 0 Å². The molecule has 3 rings (SSSR count). The molecule has 0 aliphatic carbocycles. The Morgan fingerprint density at radius 2 is 2.00 bits per heavy atom. The second-order valence-electron chi connectivity index (χ2n) is 5.19. The highest BCUT2D eigenvalue weighted by molar-refractivity contribution is 6.30. The maximum atomic E-state index is 13.3. The Hall–Kier alpha value is -2.22. The lowest BCUT2D eigenvalue weighted by Gasteiger charge is -2.33. The van der Waals surface area contributed by atoms with E-state index in [2.05, 4.69) is 10.4 Å². The van der Waals surface area contributed by atoms with Gasteiger partial charge in [0.1, 0.15) is 11.5 Å². The Bertz CT molecular complexity index is 743. The van der Waals surface area contributed by atoms with Crippen molar-refractivity contribution in [3.8, 4) is 0 Å². The molecule has 0 bridgehead atoms. The average molecular weight is 345 g/mol. The molecule has 2 aromatic rings. The van der Waals surface area contributed by atoms with Crippen molar-refractivity contribution >= 4 is 23.4 Å². The van der Waals surface area contributed by atoms with Crippen molar-refractivity contribution in [2.45, 2.75) is 24.7 Å². The Labute approximate surface area is 133 Å². The molecule has 122 valence electrons. The van der Waals surface area contributed by atoms with E-state index in [0.29, 0.717) is 15.3 Å². The average Bonchev–Trinajstić information content (AvgIpc) is 2.90. The molecule has 1 aromatic heterocycles. The highest BCUT2D eigenvalue weighted by Crippen LogP contribution is 2.43. The minimum absolute atomic E-state index is 0.0160. The Balaban J connectivity index is 2.01. The monoisotopic (exact) mass is 344 g/mol. The Morgan fingerprint density at radius 3 is 2.57 bits per heavy atom. The molecule has 2 atom stereocenters. The van der Waals surface area contributed by atoms with Crippen molar-refractivity contribution < 1.29 is 23.1 Å². The number of nitrogens with zero attached hydrogens (tertiary/aromatic N) is 2. The van der Waals surface area contributed by atoms with E-state index >= 15 is 0 Å². The molecular weight excluding hydrogens is 335 g/mol. The van der Waals surface area contributed by atoms with E-state index in [1.807, 2.05) is 0 Å². The predicted octanol–water partition coefficient (Wildman–Crippen LogP) is 2.56. The summed E-state index contributed by atoms with van der Waals surface area (Å²) in [6.07, 6.45) is -4.87. The van der Waals surface area contributed by atoms with Gasteiger partial charge in [0.25, 0.3) is 0 Å². The van der Waals surface area contributed by atoms with Crippen LogP contribution in [0.4, 0.5) is 19.0 Å². The van der Waals surface area contributed by atoms with Crippen LogP contribution in [0, 0.1) is 0 Å². The summed E-state index contributed by atoms with van der Waals surface area (Å²) in [5, 5.41) is 17.7. The number of alkyl halides is 3. The third kappa shape index (κ3) is 2.98. The second kappa shape index (κ2) is 5.45. The van der Waals surface area contributed by atoms with Gasteiger partial charge >= 0.3 is 6.18 Å². The maximum absolute atomic E-state index is 13.3. The van der Waals surface area contributed by atoms with Crippen molar-refractivity contribution in [3.05, 3.63) is 46.6 Å². The van der Waals surface area contributed by atoms with E-state index in [1.54, 1.807) is 24.3 Å². The Kier molecular flexibility index (Phi) is 3.71. The lowest BCUT2D eigenvalue weighted by atomic mass is 9.97. The number of carboxylic acids is 1. The highest BCUT2D eigenvalue weighted by atomic mass is 35.5. The number of rotatable bonds is 2. The van der Waals surface area contributed by atoms with Crippen LogP contribution >= 0.6 is 11.6 Å². The van der Waals surface area contributed by atoms with Gasteiger partial charge in [-0.05, 0) is 17.7 Å². The number of halogens is 4. The fourth-order valence-corrected chi connectivity index (χ4v) is 2.71. The summed E-state index contributed by atoms with van der Waals surface area (Å²) in [5.74, 6) is -1.64. The Morgan fingerprint density at radius 1 is 1.35 bits per heavy atom. The summed E-state index contributed by atoms with van der Waals surface area (Å²) in [4.78, 5) is 10.9. The predicted molar refractivity (Wildman–Crippen MR) is 74.1 cm³/mol. The number of carbonyl (C=O) groups is 1. The minimum Gasteiger partial charge on any atom is -0.543 e. The van der Waals surface area contributed by atoms with Gasteiger partial charge in [0, 0.05) is 17.5 Å². The molecule has 0 unspecified atom stereocenters. The molecule has 0 saturated heterocycles. The summed E-state index contributed by atoms with van der Waals surface area (Å²) in [5.41, 5.74) is 0.0737. The van der Waals surface area contributed by atoms with E-state index in [9.17, 15) is 23.1 Å². The second-order valence-corrected chi connectivity index (χ2v) is 5.62. The zero-order valence-corrected chi connectivity index (χ0v) is 12.2. The van der Waals surface area contributed by atoms with Gasteiger partial charge in [-0.1, -0.05) is 23.7 Å². The number of aromatic nitrogens is 2. The highest BCUT2D eigenvalue weighted by Gasteiger charge is 2.46. The van der Waals surface area contributed by atoms with E-state index in [0.717, 1.165) is 6.07 Å². The van der Waals surface area contributed by atoms with Gasteiger partial charge in [0.15, 0.2) is 6.04 Å². The fourth-order valence-electron chi connectivity index (χ4n) is 2.59. The van der Waals surface area contributed by atoms with Crippen LogP contribution in [0.25, 0.3) is 0 Å². The van der Waals surface area contributed by atoms with Gasteiger partial charge in [-0.3, -0.25) is 0 Å². The SMILES string of the molecule is O=C([O-])c1cc2n(n1)[C@@H](C(F)(F)F)C[C@H](c1ccc(Cl)cc1)N2. The molecule has 1 aliphatic rings. The molecule has 0 saturated carbocycles. The van der Waals surface area contributed by atoms with E-state index in [4.69, 9.17) is 11.6 Å². The maximum Gasteiger partial charge on any atom is 0.410 e. The molecule has 1 N–H and O–H groups in total. The summed E-state index contributed by atoms with van der Waals surface area (Å²) in [7, 11) is 0. The molecule has 23 heavy (non-hydrogen) atoms. The van der Waals surface area contributed by atoms with Gasteiger partial charge in [0.05, 0.1) is 12.0 Å². The van der Waals surface area contributed by atoms with Crippen molar-refractivity contribution in [2.75, 3.05) is 5.32 Å². The van der Waals surface area contributed by atoms with Crippen LogP contribution in [-0.4, -0.2) is 21.9 Å². The lowest BCUT2D eigenvalue weighted by Crippen LogP contribution is -2.35. The van der Waals surface area contributed by atoms with Gasteiger partial charge in [-0.15, -0.1) is 0 Å².